The van der Waals surface area contributed by atoms with E-state index in [2.05, 4.69) is 34.0 Å². The molecule has 0 fully saturated rings. The molecule has 2 amide bonds. The molecule has 0 heterocycles. The number of nitrogens with one attached hydrogen (secondary N) is 2. The summed E-state index contributed by atoms with van der Waals surface area (Å²) in [4.78, 5) is 24.0. The Morgan fingerprint density at radius 2 is 1.65 bits per heavy atom. The van der Waals surface area contributed by atoms with Crippen molar-refractivity contribution in [2.24, 2.45) is 5.10 Å². The third-order valence-corrected chi connectivity index (χ3v) is 5.56. The highest BCUT2D eigenvalue weighted by Gasteiger charge is 2.09. The van der Waals surface area contributed by atoms with Gasteiger partial charge < -0.3 is 14.8 Å². The van der Waals surface area contributed by atoms with Gasteiger partial charge in [0.1, 0.15) is 12.4 Å². The number of carbonyl (C=O) groups is 2. The second-order valence-corrected chi connectivity index (χ2v) is 8.19. The van der Waals surface area contributed by atoms with E-state index < -0.39 is 11.7 Å². The molecule has 2 N–H and O–H groups in total. The number of methoxy groups -OCH3 is 1. The molecule has 0 aliphatic carbocycles. The minimum absolute atomic E-state index is 0.0325. The van der Waals surface area contributed by atoms with Gasteiger partial charge in [0.2, 0.25) is 11.8 Å². The molecule has 0 aliphatic heterocycles. The summed E-state index contributed by atoms with van der Waals surface area (Å²) < 4.78 is 24.4. The highest BCUT2D eigenvalue weighted by Crippen LogP contribution is 2.29. The van der Waals surface area contributed by atoms with Crippen LogP contribution in [0.4, 0.5) is 10.1 Å². The van der Waals surface area contributed by atoms with Crippen molar-refractivity contribution in [2.45, 2.75) is 19.4 Å². The molecule has 4 rings (SSSR count). The molecule has 0 spiro atoms. The maximum Gasteiger partial charge on any atom is 0.240 e. The third-order valence-electron chi connectivity index (χ3n) is 5.56. The van der Waals surface area contributed by atoms with Crippen molar-refractivity contribution < 1.29 is 23.5 Å². The van der Waals surface area contributed by atoms with Gasteiger partial charge >= 0.3 is 0 Å². The minimum atomic E-state index is -0.410. The smallest absolute Gasteiger partial charge is 0.240 e. The number of benzene rings is 4. The Balaban J connectivity index is 1.27. The Bertz CT molecular complexity index is 1420. The average Bonchev–Trinajstić information content (AvgIpc) is 2.92. The standard InChI is InChI=1S/C29H26FN3O4/c1-36-27-17-20(9-14-26(27)37-19-22-7-4-6-21-5-2-3-8-25(21)22)18-31-33-29(35)16-15-28(34)32-24-12-10-23(30)11-13-24/h2-14,17-18H,15-16,19H2,1H3,(H,32,34)(H,33,35). The maximum atomic E-state index is 12.9. The number of hydrogen-bond acceptors (Lipinski definition) is 5. The first-order valence-corrected chi connectivity index (χ1v) is 11.7. The molecular weight excluding hydrogens is 473 g/mol. The van der Waals surface area contributed by atoms with Crippen LogP contribution in [0.25, 0.3) is 10.8 Å². The topological polar surface area (TPSA) is 89.0 Å². The molecule has 0 bridgehead atoms. The number of halogens is 1. The molecule has 0 aliphatic rings. The fourth-order valence-electron chi connectivity index (χ4n) is 3.68. The van der Waals surface area contributed by atoms with Gasteiger partial charge in [0.15, 0.2) is 11.5 Å². The molecule has 0 atom stereocenters. The summed E-state index contributed by atoms with van der Waals surface area (Å²) in [6, 6.07) is 25.0. The molecule has 4 aromatic carbocycles. The number of fused-ring (bicyclic) bond motifs is 1. The van der Waals surface area contributed by atoms with Gasteiger partial charge in [-0.2, -0.15) is 5.10 Å². The van der Waals surface area contributed by atoms with Crippen LogP contribution in [0.2, 0.25) is 0 Å². The molecule has 188 valence electrons. The number of nitrogens with zero attached hydrogens (tertiary/aromatic N) is 1. The van der Waals surface area contributed by atoms with Gasteiger partial charge in [-0.25, -0.2) is 9.82 Å². The largest absolute Gasteiger partial charge is 0.493 e. The van der Waals surface area contributed by atoms with Gasteiger partial charge in [0, 0.05) is 18.5 Å². The van der Waals surface area contributed by atoms with Crippen molar-refractivity contribution in [3.8, 4) is 11.5 Å². The predicted molar refractivity (Wildman–Crippen MR) is 141 cm³/mol. The minimum Gasteiger partial charge on any atom is -0.493 e. The summed E-state index contributed by atoms with van der Waals surface area (Å²) in [6.45, 7) is 0.385. The summed E-state index contributed by atoms with van der Waals surface area (Å²) >= 11 is 0. The van der Waals surface area contributed by atoms with E-state index >= 15 is 0 Å². The summed E-state index contributed by atoms with van der Waals surface area (Å²) in [5, 5.41) is 8.84. The lowest BCUT2D eigenvalue weighted by Crippen LogP contribution is -2.20. The van der Waals surface area contributed by atoms with E-state index in [-0.39, 0.29) is 18.7 Å². The maximum absolute atomic E-state index is 12.9. The van der Waals surface area contributed by atoms with Gasteiger partial charge in [-0.1, -0.05) is 42.5 Å². The van der Waals surface area contributed by atoms with Gasteiger partial charge in [-0.05, 0) is 64.4 Å². The Morgan fingerprint density at radius 3 is 2.46 bits per heavy atom. The van der Waals surface area contributed by atoms with Crippen molar-refractivity contribution >= 4 is 34.5 Å². The number of anilines is 1. The van der Waals surface area contributed by atoms with Crippen molar-refractivity contribution in [1.82, 2.24) is 5.43 Å². The van der Waals surface area contributed by atoms with Gasteiger partial charge in [-0.15, -0.1) is 0 Å². The van der Waals surface area contributed by atoms with E-state index in [0.717, 1.165) is 16.3 Å². The fraction of sp³-hybridized carbons (Fsp3) is 0.138. The molecule has 37 heavy (non-hydrogen) atoms. The van der Waals surface area contributed by atoms with E-state index in [1.807, 2.05) is 24.3 Å². The zero-order valence-corrected chi connectivity index (χ0v) is 20.2. The van der Waals surface area contributed by atoms with E-state index in [1.165, 1.54) is 30.5 Å². The van der Waals surface area contributed by atoms with Crippen LogP contribution < -0.4 is 20.2 Å². The van der Waals surface area contributed by atoms with Crippen molar-refractivity contribution in [1.29, 1.82) is 0 Å². The normalized spacial score (nSPS) is 10.9. The second-order valence-electron chi connectivity index (χ2n) is 8.19. The molecule has 0 saturated heterocycles. The zero-order chi connectivity index (χ0) is 26.0. The molecule has 0 unspecified atom stereocenters. The predicted octanol–water partition coefficient (Wildman–Crippen LogP) is 5.44. The lowest BCUT2D eigenvalue weighted by atomic mass is 10.1. The van der Waals surface area contributed by atoms with Crippen LogP contribution in [0.5, 0.6) is 11.5 Å². The highest BCUT2D eigenvalue weighted by atomic mass is 19.1. The molecule has 0 radical (unpaired) electrons. The van der Waals surface area contributed by atoms with Gasteiger partial charge in [0.05, 0.1) is 13.3 Å². The fourth-order valence-corrected chi connectivity index (χ4v) is 3.68. The first-order chi connectivity index (χ1) is 18.0. The second kappa shape index (κ2) is 12.3. The van der Waals surface area contributed by atoms with Crippen LogP contribution >= 0.6 is 0 Å². The van der Waals surface area contributed by atoms with E-state index in [4.69, 9.17) is 9.47 Å². The molecule has 0 saturated carbocycles. The Labute approximate surface area is 213 Å². The SMILES string of the molecule is COc1cc(C=NNC(=O)CCC(=O)Nc2ccc(F)cc2)ccc1OCc1cccc2ccccc12. The first kappa shape index (κ1) is 25.4. The van der Waals surface area contributed by atoms with Crippen LogP contribution in [0.15, 0.2) is 90.0 Å². The van der Waals surface area contributed by atoms with E-state index in [9.17, 15) is 14.0 Å². The Kier molecular flexibility index (Phi) is 8.44. The van der Waals surface area contributed by atoms with Crippen LogP contribution in [0, 0.1) is 5.82 Å². The number of hydrogen-bond donors (Lipinski definition) is 2. The third kappa shape index (κ3) is 7.14. The van der Waals surface area contributed by atoms with Crippen molar-refractivity contribution in [2.75, 3.05) is 12.4 Å². The first-order valence-electron chi connectivity index (χ1n) is 11.7. The summed E-state index contributed by atoms with van der Waals surface area (Å²) in [5.41, 5.74) is 4.63. The summed E-state index contributed by atoms with van der Waals surface area (Å²) in [6.07, 6.45) is 1.40. The van der Waals surface area contributed by atoms with E-state index in [0.29, 0.717) is 29.4 Å². The highest BCUT2D eigenvalue weighted by molar-refractivity contribution is 5.93. The average molecular weight is 500 g/mol. The van der Waals surface area contributed by atoms with E-state index in [1.54, 1.807) is 25.3 Å². The number of rotatable bonds is 10. The Morgan fingerprint density at radius 1 is 0.892 bits per heavy atom. The molecule has 8 heteroatoms. The summed E-state index contributed by atoms with van der Waals surface area (Å²) in [5.74, 6) is -0.0326. The number of ether oxygens (including phenoxy) is 2. The lowest BCUT2D eigenvalue weighted by Gasteiger charge is -2.12. The number of amides is 2. The Hall–Kier alpha value is -4.72. The quantitative estimate of drug-likeness (QED) is 0.225. The molecule has 0 aromatic heterocycles. The van der Waals surface area contributed by atoms with Crippen LogP contribution in [0.3, 0.4) is 0 Å². The molecule has 7 nitrogen and oxygen atoms in total. The number of hydrazone groups is 1. The lowest BCUT2D eigenvalue weighted by molar-refractivity contribution is -0.124. The van der Waals surface area contributed by atoms with Crippen LogP contribution in [0.1, 0.15) is 24.0 Å². The number of carbonyl (C=O) groups excluding carboxylic acids is 2. The van der Waals surface area contributed by atoms with Crippen molar-refractivity contribution in [3.05, 3.63) is 102 Å². The van der Waals surface area contributed by atoms with Crippen LogP contribution in [-0.2, 0) is 16.2 Å². The zero-order valence-electron chi connectivity index (χ0n) is 20.2. The summed E-state index contributed by atoms with van der Waals surface area (Å²) in [7, 11) is 1.56. The molecular formula is C29H26FN3O4. The van der Waals surface area contributed by atoms with Gasteiger partial charge in [-0.3, -0.25) is 9.59 Å². The monoisotopic (exact) mass is 499 g/mol. The van der Waals surface area contributed by atoms with Crippen LogP contribution in [-0.4, -0.2) is 25.1 Å². The van der Waals surface area contributed by atoms with Gasteiger partial charge in [0.25, 0.3) is 0 Å². The molecule has 4 aromatic rings. The van der Waals surface area contributed by atoms with Crippen molar-refractivity contribution in [3.63, 3.8) is 0 Å².